The molecule has 0 radical (unpaired) electrons. The Labute approximate surface area is 135 Å². The molecule has 0 saturated heterocycles. The van der Waals surface area contributed by atoms with Gasteiger partial charge in [0.1, 0.15) is 0 Å². The van der Waals surface area contributed by atoms with Gasteiger partial charge in [0.05, 0.1) is 5.56 Å². The summed E-state index contributed by atoms with van der Waals surface area (Å²) in [6.45, 7) is 4.01. The third-order valence-corrected chi connectivity index (χ3v) is 3.84. The molecule has 0 bridgehead atoms. The highest BCUT2D eigenvalue weighted by Crippen LogP contribution is 2.35. The van der Waals surface area contributed by atoms with E-state index in [9.17, 15) is 18.0 Å². The lowest BCUT2D eigenvalue weighted by Gasteiger charge is -2.20. The fourth-order valence-electron chi connectivity index (χ4n) is 2.56. The minimum absolute atomic E-state index is 0.00964. The van der Waals surface area contributed by atoms with E-state index in [-0.39, 0.29) is 23.9 Å². The monoisotopic (exact) mass is 330 g/mol. The second-order valence-electron chi connectivity index (χ2n) is 5.83. The van der Waals surface area contributed by atoms with Gasteiger partial charge in [-0.25, -0.2) is 0 Å². The number of amides is 1. The minimum atomic E-state index is -4.41. The summed E-state index contributed by atoms with van der Waals surface area (Å²) in [6.07, 6.45) is -1.67. The van der Waals surface area contributed by atoms with E-state index in [1.54, 1.807) is 13.0 Å². The summed E-state index contributed by atoms with van der Waals surface area (Å²) < 4.78 is 39.1. The van der Waals surface area contributed by atoms with Gasteiger partial charge < -0.3 is 11.1 Å². The van der Waals surface area contributed by atoms with Gasteiger partial charge in [-0.05, 0) is 24.0 Å². The molecule has 2 atom stereocenters. The summed E-state index contributed by atoms with van der Waals surface area (Å²) in [5, 5.41) is 2.82. The molecule has 0 saturated carbocycles. The number of hydrogen-bond acceptors (Lipinski definition) is 2. The van der Waals surface area contributed by atoms with Crippen LogP contribution >= 0.6 is 0 Å². The zero-order valence-corrected chi connectivity index (χ0v) is 13.6. The summed E-state index contributed by atoms with van der Waals surface area (Å²) in [4.78, 5) is 12.1. The van der Waals surface area contributed by atoms with E-state index in [2.05, 4.69) is 5.32 Å². The zero-order chi connectivity index (χ0) is 17.5. The van der Waals surface area contributed by atoms with E-state index >= 15 is 0 Å². The highest BCUT2D eigenvalue weighted by molar-refractivity contribution is 5.77. The first kappa shape index (κ1) is 19.5. The first-order valence-corrected chi connectivity index (χ1v) is 7.95. The molecule has 23 heavy (non-hydrogen) atoms. The average Bonchev–Trinajstić information content (AvgIpc) is 2.50. The van der Waals surface area contributed by atoms with Gasteiger partial charge in [-0.15, -0.1) is 0 Å². The second-order valence-corrected chi connectivity index (χ2v) is 5.83. The van der Waals surface area contributed by atoms with Gasteiger partial charge in [0.25, 0.3) is 0 Å². The first-order chi connectivity index (χ1) is 10.8. The van der Waals surface area contributed by atoms with Crippen molar-refractivity contribution in [2.24, 2.45) is 5.73 Å². The lowest BCUT2D eigenvalue weighted by atomic mass is 9.92. The van der Waals surface area contributed by atoms with Crippen molar-refractivity contribution in [3.63, 3.8) is 0 Å². The number of carbonyl (C=O) groups is 1. The normalized spacial score (nSPS) is 14.3. The van der Waals surface area contributed by atoms with Crippen LogP contribution in [0.3, 0.4) is 0 Å². The van der Waals surface area contributed by atoms with Crippen molar-refractivity contribution in [2.75, 3.05) is 6.54 Å². The lowest BCUT2D eigenvalue weighted by molar-refractivity contribution is -0.138. The van der Waals surface area contributed by atoms with Crippen LogP contribution in [-0.4, -0.2) is 18.5 Å². The van der Waals surface area contributed by atoms with E-state index < -0.39 is 17.7 Å². The Bertz CT molecular complexity index is 503. The highest BCUT2D eigenvalue weighted by atomic mass is 19.4. The smallest absolute Gasteiger partial charge is 0.352 e. The molecule has 2 unspecified atom stereocenters. The molecule has 0 aromatic heterocycles. The maximum Gasteiger partial charge on any atom is 0.416 e. The van der Waals surface area contributed by atoms with Gasteiger partial charge in [-0.3, -0.25) is 4.79 Å². The summed E-state index contributed by atoms with van der Waals surface area (Å²) in [6, 6.07) is 5.27. The third-order valence-electron chi connectivity index (χ3n) is 3.84. The largest absolute Gasteiger partial charge is 0.416 e. The molecule has 1 rings (SSSR count). The van der Waals surface area contributed by atoms with Crippen molar-refractivity contribution < 1.29 is 18.0 Å². The molecule has 0 aliphatic heterocycles. The summed E-state index contributed by atoms with van der Waals surface area (Å²) in [5.41, 5.74) is 5.09. The van der Waals surface area contributed by atoms with Crippen LogP contribution in [0.2, 0.25) is 0 Å². The van der Waals surface area contributed by atoms with Crippen LogP contribution < -0.4 is 11.1 Å². The Hall–Kier alpha value is -1.56. The summed E-state index contributed by atoms with van der Waals surface area (Å²) in [7, 11) is 0. The van der Waals surface area contributed by atoms with Gasteiger partial charge in [-0.2, -0.15) is 13.2 Å². The minimum Gasteiger partial charge on any atom is -0.352 e. The number of rotatable bonds is 8. The Morgan fingerprint density at radius 2 is 1.96 bits per heavy atom. The molecule has 1 amide bonds. The van der Waals surface area contributed by atoms with Crippen LogP contribution in [0.4, 0.5) is 13.2 Å². The molecule has 0 fully saturated rings. The van der Waals surface area contributed by atoms with Crippen molar-refractivity contribution in [3.8, 4) is 0 Å². The number of halogens is 3. The molecule has 0 heterocycles. The van der Waals surface area contributed by atoms with E-state index in [0.717, 1.165) is 25.3 Å². The molecular weight excluding hydrogens is 305 g/mol. The van der Waals surface area contributed by atoms with Crippen LogP contribution in [-0.2, 0) is 11.0 Å². The van der Waals surface area contributed by atoms with E-state index in [0.29, 0.717) is 6.54 Å². The predicted molar refractivity (Wildman–Crippen MR) is 85.0 cm³/mol. The summed E-state index contributed by atoms with van der Waals surface area (Å²) >= 11 is 0. The predicted octanol–water partition coefficient (Wildman–Crippen LogP) is 3.83. The number of hydrogen-bond donors (Lipinski definition) is 2. The Kier molecular flexibility index (Phi) is 7.55. The second kappa shape index (κ2) is 8.91. The molecule has 6 heteroatoms. The average molecular weight is 330 g/mol. The number of benzene rings is 1. The number of carbonyl (C=O) groups excluding carboxylic acids is 1. The maximum atomic E-state index is 13.0. The van der Waals surface area contributed by atoms with Crippen LogP contribution in [0.1, 0.15) is 56.6 Å². The van der Waals surface area contributed by atoms with Gasteiger partial charge in [0.15, 0.2) is 0 Å². The van der Waals surface area contributed by atoms with E-state index in [1.165, 1.54) is 12.1 Å². The van der Waals surface area contributed by atoms with Crippen LogP contribution in [0, 0.1) is 0 Å². The van der Waals surface area contributed by atoms with Crippen LogP contribution in [0.15, 0.2) is 24.3 Å². The Balaban J connectivity index is 2.72. The molecule has 0 spiro atoms. The fourth-order valence-corrected chi connectivity index (χ4v) is 2.56. The molecule has 0 aliphatic rings. The number of nitrogens with one attached hydrogen (secondary N) is 1. The maximum absolute atomic E-state index is 13.0. The molecule has 0 aliphatic carbocycles. The first-order valence-electron chi connectivity index (χ1n) is 7.95. The lowest BCUT2D eigenvalue weighted by Crippen LogP contribution is -2.40. The Morgan fingerprint density at radius 3 is 2.52 bits per heavy atom. The zero-order valence-electron chi connectivity index (χ0n) is 13.6. The van der Waals surface area contributed by atoms with Crippen molar-refractivity contribution in [1.29, 1.82) is 0 Å². The van der Waals surface area contributed by atoms with Crippen molar-refractivity contribution >= 4 is 5.91 Å². The molecule has 130 valence electrons. The standard InChI is InChI=1S/C17H25F3N2O/c1-3-4-7-13(11-21)22-16(23)10-12(2)14-8-5-6-9-15(14)17(18,19)20/h5-6,8-9,12-13H,3-4,7,10-11,21H2,1-2H3,(H,22,23). The van der Waals surface area contributed by atoms with Gasteiger partial charge in [0.2, 0.25) is 5.91 Å². The SMILES string of the molecule is CCCCC(CN)NC(=O)CC(C)c1ccccc1C(F)(F)F. The Morgan fingerprint density at radius 1 is 1.30 bits per heavy atom. The molecule has 1 aromatic rings. The molecule has 3 N–H and O–H groups in total. The van der Waals surface area contributed by atoms with Gasteiger partial charge in [-0.1, -0.05) is 44.9 Å². The van der Waals surface area contributed by atoms with Crippen molar-refractivity contribution in [1.82, 2.24) is 5.32 Å². The topological polar surface area (TPSA) is 55.1 Å². The molecule has 3 nitrogen and oxygen atoms in total. The highest BCUT2D eigenvalue weighted by Gasteiger charge is 2.34. The van der Waals surface area contributed by atoms with Crippen molar-refractivity contribution in [3.05, 3.63) is 35.4 Å². The number of alkyl halides is 3. The van der Waals surface area contributed by atoms with Crippen LogP contribution in [0.25, 0.3) is 0 Å². The number of nitrogens with two attached hydrogens (primary N) is 1. The fraction of sp³-hybridized carbons (Fsp3) is 0.588. The number of unbranched alkanes of at least 4 members (excludes halogenated alkanes) is 1. The quantitative estimate of drug-likeness (QED) is 0.761. The summed E-state index contributed by atoms with van der Waals surface area (Å²) in [5.74, 6) is -0.779. The third kappa shape index (κ3) is 6.22. The van der Waals surface area contributed by atoms with Crippen LogP contribution in [0.5, 0.6) is 0 Å². The molecular formula is C17H25F3N2O. The van der Waals surface area contributed by atoms with Gasteiger partial charge in [0, 0.05) is 19.0 Å². The van der Waals surface area contributed by atoms with E-state index in [4.69, 9.17) is 5.73 Å². The van der Waals surface area contributed by atoms with E-state index in [1.807, 2.05) is 6.92 Å². The molecule has 1 aromatic carbocycles. The van der Waals surface area contributed by atoms with Crippen molar-refractivity contribution in [2.45, 2.75) is 57.7 Å². The van der Waals surface area contributed by atoms with Gasteiger partial charge >= 0.3 is 6.18 Å².